The van der Waals surface area contributed by atoms with Crippen molar-refractivity contribution in [2.24, 2.45) is 7.05 Å². The lowest BCUT2D eigenvalue weighted by atomic mass is 10.2. The predicted octanol–water partition coefficient (Wildman–Crippen LogP) is 2.32. The Bertz CT molecular complexity index is 1040. The highest BCUT2D eigenvalue weighted by Crippen LogP contribution is 2.27. The molecule has 0 atom stereocenters. The number of aryl methyl sites for hydroxylation is 1. The second-order valence-corrected chi connectivity index (χ2v) is 6.57. The molecule has 1 aromatic carbocycles. The third-order valence-electron chi connectivity index (χ3n) is 4.79. The van der Waals surface area contributed by atoms with Crippen molar-refractivity contribution < 1.29 is 14.5 Å². The Morgan fingerprint density at radius 3 is 2.68 bits per heavy atom. The van der Waals surface area contributed by atoms with E-state index in [4.69, 9.17) is 4.74 Å². The van der Waals surface area contributed by atoms with Gasteiger partial charge in [-0.2, -0.15) is 0 Å². The zero-order valence-corrected chi connectivity index (χ0v) is 15.3. The van der Waals surface area contributed by atoms with Gasteiger partial charge in [0.05, 0.1) is 10.4 Å². The molecule has 0 aliphatic carbocycles. The zero-order chi connectivity index (χ0) is 19.7. The van der Waals surface area contributed by atoms with Gasteiger partial charge < -0.3 is 19.5 Å². The molecule has 28 heavy (non-hydrogen) atoms. The zero-order valence-electron chi connectivity index (χ0n) is 15.3. The van der Waals surface area contributed by atoms with Crippen LogP contribution in [0.4, 0.5) is 5.69 Å². The number of hydrogen-bond acceptors (Lipinski definition) is 6. The van der Waals surface area contributed by atoms with Gasteiger partial charge in [-0.15, -0.1) is 0 Å². The first-order valence-corrected chi connectivity index (χ1v) is 8.91. The second-order valence-electron chi connectivity index (χ2n) is 6.57. The number of carbonyl (C=O) groups excluding carboxylic acids is 1. The molecule has 9 nitrogen and oxygen atoms in total. The van der Waals surface area contributed by atoms with Crippen LogP contribution < -0.4 is 10.1 Å². The number of nitro groups is 1. The van der Waals surface area contributed by atoms with E-state index in [-0.39, 0.29) is 17.5 Å². The molecule has 0 spiro atoms. The van der Waals surface area contributed by atoms with Crippen LogP contribution in [-0.2, 0) is 7.05 Å². The number of carbonyl (C=O) groups is 1. The van der Waals surface area contributed by atoms with Crippen molar-refractivity contribution in [2.45, 2.75) is 0 Å². The van der Waals surface area contributed by atoms with Crippen molar-refractivity contribution in [3.63, 3.8) is 0 Å². The molecule has 144 valence electrons. The van der Waals surface area contributed by atoms with Gasteiger partial charge in [0.15, 0.2) is 0 Å². The first-order valence-electron chi connectivity index (χ1n) is 8.91. The number of hydrogen-bond donors (Lipinski definition) is 1. The van der Waals surface area contributed by atoms with E-state index in [1.54, 1.807) is 6.07 Å². The molecule has 0 saturated carbocycles. The van der Waals surface area contributed by atoms with Crippen molar-refractivity contribution in [2.75, 3.05) is 26.2 Å². The van der Waals surface area contributed by atoms with Crippen molar-refractivity contribution >= 4 is 22.5 Å². The van der Waals surface area contributed by atoms with Crippen LogP contribution in [0.15, 0.2) is 42.6 Å². The first kappa shape index (κ1) is 17.9. The summed E-state index contributed by atoms with van der Waals surface area (Å²) in [5, 5.41) is 14.9. The number of ether oxygens (including phenoxy) is 1. The summed E-state index contributed by atoms with van der Waals surface area (Å²) in [5.41, 5.74) is 1.39. The van der Waals surface area contributed by atoms with Gasteiger partial charge in [0.25, 0.3) is 11.6 Å². The van der Waals surface area contributed by atoms with E-state index < -0.39 is 4.92 Å². The van der Waals surface area contributed by atoms with E-state index in [1.165, 1.54) is 12.1 Å². The fraction of sp³-hybridized carbons (Fsp3) is 0.263. The Morgan fingerprint density at radius 1 is 1.21 bits per heavy atom. The SMILES string of the molecule is Cn1c(C(=O)N2CCNCC2)cc2ccc(Oc3ccc([N+](=O)[O-])cn3)cc21. The van der Waals surface area contributed by atoms with Gasteiger partial charge in [-0.25, -0.2) is 4.98 Å². The molecular weight excluding hydrogens is 362 g/mol. The molecule has 1 N–H and O–H groups in total. The summed E-state index contributed by atoms with van der Waals surface area (Å²) in [6.45, 7) is 2.99. The molecule has 0 bridgehead atoms. The molecule has 2 aromatic heterocycles. The smallest absolute Gasteiger partial charge is 0.287 e. The molecule has 0 unspecified atom stereocenters. The molecule has 3 heterocycles. The minimum absolute atomic E-state index is 0.0136. The van der Waals surface area contributed by atoms with Crippen LogP contribution in [0.25, 0.3) is 10.9 Å². The average Bonchev–Trinajstić information content (AvgIpc) is 3.05. The number of benzene rings is 1. The van der Waals surface area contributed by atoms with Crippen molar-refractivity contribution in [1.82, 2.24) is 19.8 Å². The summed E-state index contributed by atoms with van der Waals surface area (Å²) in [6.07, 6.45) is 1.15. The summed E-state index contributed by atoms with van der Waals surface area (Å²) in [7, 11) is 1.85. The van der Waals surface area contributed by atoms with Gasteiger partial charge >= 0.3 is 0 Å². The van der Waals surface area contributed by atoms with Crippen LogP contribution in [0, 0.1) is 10.1 Å². The topological polar surface area (TPSA) is 103 Å². The average molecular weight is 381 g/mol. The fourth-order valence-corrected chi connectivity index (χ4v) is 3.27. The van der Waals surface area contributed by atoms with Crippen LogP contribution in [0.3, 0.4) is 0 Å². The Morgan fingerprint density at radius 2 is 2.00 bits per heavy atom. The van der Waals surface area contributed by atoms with Gasteiger partial charge in [-0.1, -0.05) is 0 Å². The molecule has 1 aliphatic rings. The molecule has 1 aliphatic heterocycles. The van der Waals surface area contributed by atoms with Crippen molar-refractivity contribution in [3.05, 3.63) is 58.4 Å². The van der Waals surface area contributed by atoms with Gasteiger partial charge in [-0.05, 0) is 18.2 Å². The van der Waals surface area contributed by atoms with Gasteiger partial charge in [0, 0.05) is 56.8 Å². The first-order chi connectivity index (χ1) is 13.5. The Kier molecular flexibility index (Phi) is 4.66. The van der Waals surface area contributed by atoms with Crippen LogP contribution in [0.5, 0.6) is 11.6 Å². The molecule has 4 rings (SSSR count). The summed E-state index contributed by atoms with van der Waals surface area (Å²) in [5.74, 6) is 0.812. The molecule has 0 radical (unpaired) electrons. The second kappa shape index (κ2) is 7.28. The molecule has 1 amide bonds. The van der Waals surface area contributed by atoms with E-state index in [0.29, 0.717) is 24.5 Å². The standard InChI is InChI=1S/C19H19N5O4/c1-22-16-11-15(28-18-5-3-14(12-21-18)24(26)27)4-2-13(16)10-17(22)19(25)23-8-6-20-7-9-23/h2-5,10-12,20H,6-9H2,1H3. The quantitative estimate of drug-likeness (QED) is 0.550. The van der Waals surface area contributed by atoms with Gasteiger partial charge in [-0.3, -0.25) is 14.9 Å². The van der Waals surface area contributed by atoms with Gasteiger partial charge in [0.2, 0.25) is 5.88 Å². The van der Waals surface area contributed by atoms with Crippen molar-refractivity contribution in [1.29, 1.82) is 0 Å². The van der Waals surface area contributed by atoms with Crippen LogP contribution in [0.2, 0.25) is 0 Å². The third-order valence-corrected chi connectivity index (χ3v) is 4.79. The molecule has 9 heteroatoms. The highest BCUT2D eigenvalue weighted by Gasteiger charge is 2.21. The molecular formula is C19H19N5O4. The van der Waals surface area contributed by atoms with Gasteiger partial charge in [0.1, 0.15) is 17.6 Å². The molecule has 1 saturated heterocycles. The highest BCUT2D eigenvalue weighted by atomic mass is 16.6. The summed E-state index contributed by atoms with van der Waals surface area (Å²) in [4.78, 5) is 28.8. The largest absolute Gasteiger partial charge is 0.439 e. The minimum Gasteiger partial charge on any atom is -0.439 e. The lowest BCUT2D eigenvalue weighted by molar-refractivity contribution is -0.385. The fourth-order valence-electron chi connectivity index (χ4n) is 3.27. The summed E-state index contributed by atoms with van der Waals surface area (Å²) < 4.78 is 7.57. The number of fused-ring (bicyclic) bond motifs is 1. The minimum atomic E-state index is -0.510. The molecule has 3 aromatic rings. The van der Waals surface area contributed by atoms with Crippen LogP contribution in [0.1, 0.15) is 10.5 Å². The maximum atomic E-state index is 12.8. The maximum absolute atomic E-state index is 12.8. The number of nitrogens with one attached hydrogen (secondary N) is 1. The number of pyridine rings is 1. The van der Waals surface area contributed by atoms with E-state index in [0.717, 1.165) is 30.2 Å². The Labute approximate surface area is 160 Å². The lowest BCUT2D eigenvalue weighted by Gasteiger charge is -2.27. The Hall–Kier alpha value is -3.46. The molecule has 1 fully saturated rings. The monoisotopic (exact) mass is 381 g/mol. The van der Waals surface area contributed by atoms with E-state index in [9.17, 15) is 14.9 Å². The number of piperazine rings is 1. The van der Waals surface area contributed by atoms with Crippen LogP contribution in [-0.4, -0.2) is 51.5 Å². The Balaban J connectivity index is 1.59. The summed E-state index contributed by atoms with van der Waals surface area (Å²) >= 11 is 0. The number of nitrogens with zero attached hydrogens (tertiary/aromatic N) is 4. The normalized spacial score (nSPS) is 14.2. The predicted molar refractivity (Wildman–Crippen MR) is 103 cm³/mol. The number of rotatable bonds is 4. The van der Waals surface area contributed by atoms with Crippen LogP contribution >= 0.6 is 0 Å². The number of amides is 1. The number of aromatic nitrogens is 2. The third kappa shape index (κ3) is 3.39. The van der Waals surface area contributed by atoms with E-state index in [1.807, 2.05) is 34.7 Å². The maximum Gasteiger partial charge on any atom is 0.287 e. The highest BCUT2D eigenvalue weighted by molar-refractivity contribution is 5.99. The van der Waals surface area contributed by atoms with Crippen molar-refractivity contribution in [3.8, 4) is 11.6 Å². The summed E-state index contributed by atoms with van der Waals surface area (Å²) in [6, 6.07) is 10.2. The van der Waals surface area contributed by atoms with E-state index >= 15 is 0 Å². The van der Waals surface area contributed by atoms with E-state index in [2.05, 4.69) is 10.3 Å². The lowest BCUT2D eigenvalue weighted by Crippen LogP contribution is -2.46.